The van der Waals surface area contributed by atoms with Gasteiger partial charge in [0.2, 0.25) is 0 Å². The quantitative estimate of drug-likeness (QED) is 0.901. The van der Waals surface area contributed by atoms with Gasteiger partial charge >= 0.3 is 0 Å². The molecule has 0 atom stereocenters. The highest BCUT2D eigenvalue weighted by molar-refractivity contribution is 7.09. The highest BCUT2D eigenvalue weighted by atomic mass is 32.1. The number of hydrogen-bond acceptors (Lipinski definition) is 4. The minimum absolute atomic E-state index is 0.798. The predicted octanol–water partition coefficient (Wildman–Crippen LogP) is 2.75. The second-order valence-corrected chi connectivity index (χ2v) is 6.32. The summed E-state index contributed by atoms with van der Waals surface area (Å²) in [5.41, 5.74) is -0.0135. The van der Waals surface area contributed by atoms with Crippen LogP contribution < -0.4 is 0 Å². The van der Waals surface area contributed by atoms with E-state index < -0.39 is 5.60 Å². The van der Waals surface area contributed by atoms with Crippen LogP contribution in [0.15, 0.2) is 5.38 Å². The van der Waals surface area contributed by atoms with E-state index in [1.165, 1.54) is 38.8 Å². The molecule has 1 aromatic rings. The molecule has 2 rings (SSSR count). The zero-order chi connectivity index (χ0) is 12.3. The van der Waals surface area contributed by atoms with Crippen LogP contribution in [0.1, 0.15) is 50.2 Å². The van der Waals surface area contributed by atoms with Gasteiger partial charge in [-0.25, -0.2) is 4.98 Å². The van der Waals surface area contributed by atoms with E-state index in [1.54, 1.807) is 25.2 Å². The van der Waals surface area contributed by atoms with Crippen molar-refractivity contribution in [2.45, 2.75) is 51.7 Å². The third-order valence-electron chi connectivity index (χ3n) is 3.24. The van der Waals surface area contributed by atoms with Gasteiger partial charge in [0.1, 0.15) is 10.6 Å². The second-order valence-electron chi connectivity index (χ2n) is 5.38. The minimum atomic E-state index is -0.812. The van der Waals surface area contributed by atoms with Crippen LogP contribution in [0, 0.1) is 0 Å². The summed E-state index contributed by atoms with van der Waals surface area (Å²) in [4.78, 5) is 7.02. The monoisotopic (exact) mass is 254 g/mol. The summed E-state index contributed by atoms with van der Waals surface area (Å²) >= 11 is 1.66. The fourth-order valence-electron chi connectivity index (χ4n) is 2.15. The van der Waals surface area contributed by atoms with E-state index in [4.69, 9.17) is 0 Å². The van der Waals surface area contributed by atoms with E-state index in [-0.39, 0.29) is 0 Å². The Bertz CT molecular complexity index is 349. The zero-order valence-electron chi connectivity index (χ0n) is 10.8. The fourth-order valence-corrected chi connectivity index (χ4v) is 3.15. The predicted molar refractivity (Wildman–Crippen MR) is 71.1 cm³/mol. The molecule has 1 fully saturated rings. The highest BCUT2D eigenvalue weighted by Crippen LogP contribution is 2.23. The van der Waals surface area contributed by atoms with Gasteiger partial charge in [-0.15, -0.1) is 11.3 Å². The third-order valence-corrected chi connectivity index (χ3v) is 4.07. The number of aromatic nitrogens is 1. The Morgan fingerprint density at radius 3 is 2.47 bits per heavy atom. The van der Waals surface area contributed by atoms with E-state index in [1.807, 2.05) is 5.38 Å². The molecule has 1 aliphatic rings. The molecule has 1 saturated heterocycles. The van der Waals surface area contributed by atoms with Crippen molar-refractivity contribution in [3.63, 3.8) is 0 Å². The van der Waals surface area contributed by atoms with Crippen molar-refractivity contribution in [1.82, 2.24) is 9.88 Å². The summed E-state index contributed by atoms with van der Waals surface area (Å²) in [5, 5.41) is 13.0. The molecule has 3 nitrogen and oxygen atoms in total. The smallest absolute Gasteiger partial charge is 0.107 e. The summed E-state index contributed by atoms with van der Waals surface area (Å²) < 4.78 is 0. The molecule has 17 heavy (non-hydrogen) atoms. The lowest BCUT2D eigenvalue weighted by atomic mass is 10.1. The summed E-state index contributed by atoms with van der Waals surface area (Å²) in [6.45, 7) is 6.91. The Morgan fingerprint density at radius 2 is 1.94 bits per heavy atom. The van der Waals surface area contributed by atoms with Crippen LogP contribution in [0.5, 0.6) is 0 Å². The van der Waals surface area contributed by atoms with Crippen molar-refractivity contribution >= 4 is 11.3 Å². The molecule has 0 bridgehead atoms. The Balaban J connectivity index is 1.96. The summed E-state index contributed by atoms with van der Waals surface area (Å²) in [6.07, 6.45) is 5.35. The first-order chi connectivity index (χ1) is 8.05. The first-order valence-corrected chi connectivity index (χ1v) is 7.33. The Morgan fingerprint density at radius 1 is 1.29 bits per heavy atom. The number of aliphatic hydroxyl groups is 1. The van der Waals surface area contributed by atoms with Crippen LogP contribution in [-0.2, 0) is 12.1 Å². The van der Waals surface area contributed by atoms with Crippen molar-refractivity contribution < 1.29 is 5.11 Å². The minimum Gasteiger partial charge on any atom is -0.384 e. The molecule has 2 heterocycles. The third kappa shape index (κ3) is 3.76. The molecule has 0 aromatic carbocycles. The molecule has 4 heteroatoms. The first-order valence-electron chi connectivity index (χ1n) is 6.45. The van der Waals surface area contributed by atoms with Crippen molar-refractivity contribution in [3.8, 4) is 0 Å². The van der Waals surface area contributed by atoms with Gasteiger partial charge in [0.15, 0.2) is 0 Å². The van der Waals surface area contributed by atoms with Crippen LogP contribution in [0.2, 0.25) is 0 Å². The molecule has 1 aromatic heterocycles. The van der Waals surface area contributed by atoms with Gasteiger partial charge in [0.05, 0.1) is 12.2 Å². The molecule has 0 radical (unpaired) electrons. The number of rotatable bonds is 3. The second kappa shape index (κ2) is 5.46. The Hall–Kier alpha value is -0.450. The molecule has 0 saturated carbocycles. The van der Waals surface area contributed by atoms with Crippen LogP contribution >= 0.6 is 11.3 Å². The van der Waals surface area contributed by atoms with Gasteiger partial charge in [-0.2, -0.15) is 0 Å². The number of thiazole rings is 1. The number of nitrogens with zero attached hydrogens (tertiary/aromatic N) is 2. The fraction of sp³-hybridized carbons (Fsp3) is 0.769. The van der Waals surface area contributed by atoms with Gasteiger partial charge in [-0.1, -0.05) is 12.8 Å². The normalized spacial score (nSPS) is 19.2. The van der Waals surface area contributed by atoms with Crippen molar-refractivity contribution in [3.05, 3.63) is 16.1 Å². The summed E-state index contributed by atoms with van der Waals surface area (Å²) in [7, 11) is 0. The zero-order valence-corrected chi connectivity index (χ0v) is 11.6. The summed E-state index contributed by atoms with van der Waals surface area (Å²) in [6, 6.07) is 0. The van der Waals surface area contributed by atoms with E-state index in [2.05, 4.69) is 9.88 Å². The molecule has 0 spiro atoms. The van der Waals surface area contributed by atoms with Gasteiger partial charge < -0.3 is 5.11 Å². The molecule has 1 N–H and O–H groups in total. The molecular formula is C13H22N2OS. The average Bonchev–Trinajstić information content (AvgIpc) is 2.56. The van der Waals surface area contributed by atoms with Crippen LogP contribution in [-0.4, -0.2) is 28.1 Å². The highest BCUT2D eigenvalue weighted by Gasteiger charge is 2.20. The van der Waals surface area contributed by atoms with Crippen LogP contribution in [0.25, 0.3) is 0 Å². The maximum atomic E-state index is 9.88. The molecule has 96 valence electrons. The van der Waals surface area contributed by atoms with Crippen molar-refractivity contribution in [1.29, 1.82) is 0 Å². The maximum Gasteiger partial charge on any atom is 0.107 e. The van der Waals surface area contributed by atoms with E-state index >= 15 is 0 Å². The van der Waals surface area contributed by atoms with Gasteiger partial charge in [0, 0.05) is 5.38 Å². The van der Waals surface area contributed by atoms with Crippen LogP contribution in [0.3, 0.4) is 0 Å². The SMILES string of the molecule is CC(C)(O)c1csc(CN2CCCCCC2)n1. The lowest BCUT2D eigenvalue weighted by Gasteiger charge is -2.18. The van der Waals surface area contributed by atoms with Crippen LogP contribution in [0.4, 0.5) is 0 Å². The average molecular weight is 254 g/mol. The topological polar surface area (TPSA) is 36.4 Å². The molecule has 0 aliphatic carbocycles. The largest absolute Gasteiger partial charge is 0.384 e. The molecular weight excluding hydrogens is 232 g/mol. The Labute approximate surface area is 107 Å². The number of likely N-dealkylation sites (tertiary alicyclic amines) is 1. The first kappa shape index (κ1) is 13.0. The van der Waals surface area contributed by atoms with Gasteiger partial charge in [-0.05, 0) is 39.8 Å². The Kier molecular flexibility index (Phi) is 4.17. The van der Waals surface area contributed by atoms with Gasteiger partial charge in [0.25, 0.3) is 0 Å². The summed E-state index contributed by atoms with van der Waals surface area (Å²) in [5.74, 6) is 0. The molecule has 0 unspecified atom stereocenters. The van der Waals surface area contributed by atoms with Crippen molar-refractivity contribution in [2.24, 2.45) is 0 Å². The van der Waals surface area contributed by atoms with E-state index in [0.29, 0.717) is 0 Å². The maximum absolute atomic E-state index is 9.88. The lowest BCUT2D eigenvalue weighted by Crippen LogP contribution is -2.24. The lowest BCUT2D eigenvalue weighted by molar-refractivity contribution is 0.0742. The number of hydrogen-bond donors (Lipinski definition) is 1. The molecule has 0 amide bonds. The van der Waals surface area contributed by atoms with Crippen molar-refractivity contribution in [2.75, 3.05) is 13.1 Å². The standard InChI is InChI=1S/C13H22N2OS/c1-13(2,16)11-10-17-12(14-11)9-15-7-5-3-4-6-8-15/h10,16H,3-9H2,1-2H3. The van der Waals surface area contributed by atoms with E-state index in [0.717, 1.165) is 17.2 Å². The van der Waals surface area contributed by atoms with E-state index in [9.17, 15) is 5.11 Å². The van der Waals surface area contributed by atoms with Gasteiger partial charge in [-0.3, -0.25) is 4.90 Å². The molecule has 1 aliphatic heterocycles.